The number of pyridine rings is 1. The second kappa shape index (κ2) is 5.92. The molecule has 1 amide bonds. The van der Waals surface area contributed by atoms with Crippen LogP contribution < -0.4 is 5.32 Å². The summed E-state index contributed by atoms with van der Waals surface area (Å²) in [6, 6.07) is 5.30. The Bertz CT molecular complexity index is 475. The molecule has 0 radical (unpaired) electrons. The lowest BCUT2D eigenvalue weighted by Crippen LogP contribution is -2.42. The first-order chi connectivity index (χ1) is 8.44. The van der Waals surface area contributed by atoms with Gasteiger partial charge in [-0.3, -0.25) is 14.6 Å². The van der Waals surface area contributed by atoms with Gasteiger partial charge in [-0.25, -0.2) is 0 Å². The number of nitrogens with zero attached hydrogens (tertiary/aromatic N) is 2. The van der Waals surface area contributed by atoms with Gasteiger partial charge >= 0.3 is 0 Å². The van der Waals surface area contributed by atoms with Crippen molar-refractivity contribution in [2.24, 2.45) is 0 Å². The van der Waals surface area contributed by atoms with Crippen LogP contribution in [0.5, 0.6) is 0 Å². The van der Waals surface area contributed by atoms with Gasteiger partial charge in [0.15, 0.2) is 5.78 Å². The Morgan fingerprint density at radius 3 is 2.72 bits per heavy atom. The molecule has 1 aromatic rings. The second-order valence-electron chi connectivity index (χ2n) is 4.45. The van der Waals surface area contributed by atoms with Crippen molar-refractivity contribution in [1.29, 1.82) is 5.26 Å². The SMILES string of the molecule is CC(C)(C#N)NC(=O)CCC(=O)c1cccnc1. The molecule has 0 aliphatic carbocycles. The molecule has 1 N–H and O–H groups in total. The van der Waals surface area contributed by atoms with Crippen LogP contribution in [0.1, 0.15) is 37.0 Å². The van der Waals surface area contributed by atoms with E-state index in [9.17, 15) is 9.59 Å². The van der Waals surface area contributed by atoms with Crippen LogP contribution in [0.2, 0.25) is 0 Å². The normalized spacial score (nSPS) is 10.5. The predicted octanol–water partition coefficient (Wildman–Crippen LogP) is 1.46. The van der Waals surface area contributed by atoms with Gasteiger partial charge in [0.2, 0.25) is 5.91 Å². The van der Waals surface area contributed by atoms with Crippen molar-refractivity contribution in [3.63, 3.8) is 0 Å². The van der Waals surface area contributed by atoms with E-state index < -0.39 is 5.54 Å². The van der Waals surface area contributed by atoms with Gasteiger partial charge in [-0.05, 0) is 26.0 Å². The number of nitriles is 1. The molecule has 1 heterocycles. The van der Waals surface area contributed by atoms with Gasteiger partial charge in [-0.15, -0.1) is 0 Å². The van der Waals surface area contributed by atoms with Crippen molar-refractivity contribution in [2.45, 2.75) is 32.2 Å². The number of Topliss-reactive ketones (excluding diaryl/α,β-unsaturated/α-hetero) is 1. The van der Waals surface area contributed by atoms with E-state index in [0.717, 1.165) is 0 Å². The Balaban J connectivity index is 2.45. The highest BCUT2D eigenvalue weighted by molar-refractivity contribution is 5.97. The van der Waals surface area contributed by atoms with Crippen LogP contribution in [0.25, 0.3) is 0 Å². The third kappa shape index (κ3) is 4.34. The monoisotopic (exact) mass is 245 g/mol. The highest BCUT2D eigenvalue weighted by atomic mass is 16.2. The van der Waals surface area contributed by atoms with Crippen molar-refractivity contribution >= 4 is 11.7 Å². The quantitative estimate of drug-likeness (QED) is 0.796. The summed E-state index contributed by atoms with van der Waals surface area (Å²) in [7, 11) is 0. The summed E-state index contributed by atoms with van der Waals surface area (Å²) in [6.07, 6.45) is 3.23. The summed E-state index contributed by atoms with van der Waals surface area (Å²) in [5.74, 6) is -0.438. The van der Waals surface area contributed by atoms with Crippen molar-refractivity contribution in [3.8, 4) is 6.07 Å². The molecule has 0 fully saturated rings. The average Bonchev–Trinajstić information content (AvgIpc) is 2.36. The van der Waals surface area contributed by atoms with Gasteiger partial charge in [0.1, 0.15) is 5.54 Å². The number of carbonyl (C=O) groups excluding carboxylic acids is 2. The third-order valence-corrected chi connectivity index (χ3v) is 2.29. The number of rotatable bonds is 5. The molecule has 0 aliphatic heterocycles. The summed E-state index contributed by atoms with van der Waals surface area (Å²) in [5, 5.41) is 11.3. The highest BCUT2D eigenvalue weighted by Gasteiger charge is 2.19. The van der Waals surface area contributed by atoms with Crippen LogP contribution in [0.4, 0.5) is 0 Å². The zero-order chi connectivity index (χ0) is 13.6. The Morgan fingerprint density at radius 1 is 1.44 bits per heavy atom. The minimum Gasteiger partial charge on any atom is -0.338 e. The molecule has 1 aromatic heterocycles. The van der Waals surface area contributed by atoms with E-state index in [1.54, 1.807) is 32.2 Å². The smallest absolute Gasteiger partial charge is 0.221 e. The number of ketones is 1. The molecule has 0 spiro atoms. The Morgan fingerprint density at radius 2 is 2.17 bits per heavy atom. The molecule has 0 aromatic carbocycles. The topological polar surface area (TPSA) is 82.9 Å². The zero-order valence-electron chi connectivity index (χ0n) is 10.4. The fraction of sp³-hybridized carbons (Fsp3) is 0.385. The first kappa shape index (κ1) is 13.8. The third-order valence-electron chi connectivity index (χ3n) is 2.29. The van der Waals surface area contributed by atoms with E-state index in [2.05, 4.69) is 10.3 Å². The van der Waals surface area contributed by atoms with Gasteiger partial charge in [0.25, 0.3) is 0 Å². The van der Waals surface area contributed by atoms with Crippen LogP contribution in [0.15, 0.2) is 24.5 Å². The summed E-state index contributed by atoms with van der Waals surface area (Å²) >= 11 is 0. The van der Waals surface area contributed by atoms with E-state index in [1.807, 2.05) is 6.07 Å². The molecule has 94 valence electrons. The van der Waals surface area contributed by atoms with Crippen LogP contribution in [0, 0.1) is 11.3 Å². The van der Waals surface area contributed by atoms with Gasteiger partial charge in [0, 0.05) is 30.8 Å². The molecule has 5 heteroatoms. The van der Waals surface area contributed by atoms with E-state index >= 15 is 0 Å². The first-order valence-corrected chi connectivity index (χ1v) is 5.60. The van der Waals surface area contributed by atoms with E-state index in [-0.39, 0.29) is 24.5 Å². The maximum Gasteiger partial charge on any atom is 0.221 e. The standard InChI is InChI=1S/C13H15N3O2/c1-13(2,9-14)16-12(18)6-5-11(17)10-4-3-7-15-8-10/h3-4,7-8H,5-6H2,1-2H3,(H,16,18). The Kier molecular flexibility index (Phi) is 4.55. The number of carbonyl (C=O) groups is 2. The van der Waals surface area contributed by atoms with Crippen LogP contribution in [0.3, 0.4) is 0 Å². The molecule has 0 atom stereocenters. The lowest BCUT2D eigenvalue weighted by atomic mass is 10.1. The molecule has 1 rings (SSSR count). The predicted molar refractivity (Wildman–Crippen MR) is 65.6 cm³/mol. The fourth-order valence-corrected chi connectivity index (χ4v) is 1.34. The summed E-state index contributed by atoms with van der Waals surface area (Å²) < 4.78 is 0. The summed E-state index contributed by atoms with van der Waals surface area (Å²) in [4.78, 5) is 27.1. The number of aromatic nitrogens is 1. The van der Waals surface area contributed by atoms with Crippen molar-refractivity contribution in [3.05, 3.63) is 30.1 Å². The zero-order valence-corrected chi connectivity index (χ0v) is 10.4. The van der Waals surface area contributed by atoms with Gasteiger partial charge in [-0.1, -0.05) is 0 Å². The number of hydrogen-bond acceptors (Lipinski definition) is 4. The largest absolute Gasteiger partial charge is 0.338 e. The van der Waals surface area contributed by atoms with Gasteiger partial charge in [-0.2, -0.15) is 5.26 Å². The van der Waals surface area contributed by atoms with E-state index in [1.165, 1.54) is 6.20 Å². The average molecular weight is 245 g/mol. The van der Waals surface area contributed by atoms with Crippen LogP contribution >= 0.6 is 0 Å². The second-order valence-corrected chi connectivity index (χ2v) is 4.45. The van der Waals surface area contributed by atoms with Crippen molar-refractivity contribution < 1.29 is 9.59 Å². The molecule has 0 saturated carbocycles. The maximum atomic E-state index is 11.7. The van der Waals surface area contributed by atoms with E-state index in [4.69, 9.17) is 5.26 Å². The molecular weight excluding hydrogens is 230 g/mol. The first-order valence-electron chi connectivity index (χ1n) is 5.60. The number of nitrogens with one attached hydrogen (secondary N) is 1. The molecule has 18 heavy (non-hydrogen) atoms. The molecular formula is C13H15N3O2. The highest BCUT2D eigenvalue weighted by Crippen LogP contribution is 2.05. The van der Waals surface area contributed by atoms with Crippen LogP contribution in [-0.2, 0) is 4.79 Å². The summed E-state index contributed by atoms with van der Waals surface area (Å²) in [6.45, 7) is 3.21. The lowest BCUT2D eigenvalue weighted by Gasteiger charge is -2.17. The summed E-state index contributed by atoms with van der Waals surface area (Å²) in [5.41, 5.74) is -0.418. The van der Waals surface area contributed by atoms with Crippen molar-refractivity contribution in [2.75, 3.05) is 0 Å². The van der Waals surface area contributed by atoms with Gasteiger partial charge in [0.05, 0.1) is 6.07 Å². The maximum absolute atomic E-state index is 11.7. The van der Waals surface area contributed by atoms with E-state index in [0.29, 0.717) is 5.56 Å². The minimum atomic E-state index is -0.908. The molecule has 0 unspecified atom stereocenters. The molecule has 5 nitrogen and oxygen atoms in total. The van der Waals surface area contributed by atoms with Crippen molar-refractivity contribution in [1.82, 2.24) is 10.3 Å². The number of hydrogen-bond donors (Lipinski definition) is 1. The molecule has 0 aliphatic rings. The minimum absolute atomic E-state index is 0.0683. The molecule has 0 bridgehead atoms. The Hall–Kier alpha value is -2.22. The Labute approximate surface area is 106 Å². The lowest BCUT2D eigenvalue weighted by molar-refractivity contribution is -0.122. The van der Waals surface area contributed by atoms with Gasteiger partial charge < -0.3 is 5.32 Å². The van der Waals surface area contributed by atoms with Crippen LogP contribution in [-0.4, -0.2) is 22.2 Å². The fourth-order valence-electron chi connectivity index (χ4n) is 1.34. The molecule has 0 saturated heterocycles. The number of amides is 1.